The molecule has 0 bridgehead atoms. The van der Waals surface area contributed by atoms with E-state index in [1.165, 1.54) is 0 Å². The molecule has 0 unspecified atom stereocenters. The highest BCUT2D eigenvalue weighted by atomic mass is 35.5. The first-order chi connectivity index (χ1) is 8.20. The minimum atomic E-state index is -0.0166. The van der Waals surface area contributed by atoms with Crippen LogP contribution in [0, 0.1) is 0 Å². The Morgan fingerprint density at radius 1 is 1.53 bits per heavy atom. The molecule has 6 heteroatoms. The van der Waals surface area contributed by atoms with Crippen LogP contribution in [0.5, 0.6) is 0 Å². The number of rotatable bonds is 3. The van der Waals surface area contributed by atoms with E-state index in [4.69, 9.17) is 22.5 Å². The third-order valence-electron chi connectivity index (χ3n) is 2.29. The Balaban J connectivity index is 2.28. The molecule has 88 valence electrons. The second kappa shape index (κ2) is 4.88. The van der Waals surface area contributed by atoms with Crippen molar-refractivity contribution >= 4 is 17.4 Å². The molecule has 0 fully saturated rings. The molecule has 0 aliphatic rings. The average Bonchev–Trinajstić information content (AvgIpc) is 2.76. The van der Waals surface area contributed by atoms with Gasteiger partial charge in [-0.3, -0.25) is 0 Å². The number of hydrogen-bond donors (Lipinski definition) is 2. The van der Waals surface area contributed by atoms with E-state index in [-0.39, 0.29) is 5.84 Å². The van der Waals surface area contributed by atoms with E-state index in [0.29, 0.717) is 17.4 Å². The Labute approximate surface area is 103 Å². The fourth-order valence-electron chi connectivity index (χ4n) is 1.55. The first-order valence-electron chi connectivity index (χ1n) is 4.94. The topological polar surface area (TPSA) is 76.4 Å². The molecule has 0 spiro atoms. The van der Waals surface area contributed by atoms with E-state index in [9.17, 15) is 0 Å². The zero-order valence-electron chi connectivity index (χ0n) is 8.92. The van der Waals surface area contributed by atoms with Gasteiger partial charge in [0.25, 0.3) is 0 Å². The van der Waals surface area contributed by atoms with Gasteiger partial charge >= 0.3 is 0 Å². The van der Waals surface area contributed by atoms with Gasteiger partial charge in [-0.05, 0) is 17.7 Å². The fraction of sp³-hybridized carbons (Fsp3) is 0.0909. The minimum absolute atomic E-state index is 0.0166. The van der Waals surface area contributed by atoms with Crippen molar-refractivity contribution in [3.63, 3.8) is 0 Å². The van der Waals surface area contributed by atoms with Gasteiger partial charge in [-0.25, -0.2) is 4.98 Å². The standard InChI is InChI=1S/C11H11ClN4O/c12-9-3-1-2-8(6-9)7-16-5-4-14-11(16)10(13)15-17/h1-6,17H,7H2,(H2,13,15). The molecule has 0 aliphatic heterocycles. The van der Waals surface area contributed by atoms with Gasteiger partial charge in [0.15, 0.2) is 5.82 Å². The first-order valence-corrected chi connectivity index (χ1v) is 5.32. The summed E-state index contributed by atoms with van der Waals surface area (Å²) in [5.74, 6) is 0.407. The summed E-state index contributed by atoms with van der Waals surface area (Å²) in [5.41, 5.74) is 6.53. The number of nitrogens with zero attached hydrogens (tertiary/aromatic N) is 3. The van der Waals surface area contributed by atoms with Crippen LogP contribution in [-0.2, 0) is 6.54 Å². The Morgan fingerprint density at radius 3 is 3.06 bits per heavy atom. The number of amidine groups is 1. The molecule has 2 rings (SSSR count). The highest BCUT2D eigenvalue weighted by Gasteiger charge is 2.08. The third-order valence-corrected chi connectivity index (χ3v) is 2.53. The minimum Gasteiger partial charge on any atom is -0.409 e. The average molecular weight is 251 g/mol. The molecule has 2 aromatic rings. The van der Waals surface area contributed by atoms with Crippen LogP contribution in [0.2, 0.25) is 5.02 Å². The smallest absolute Gasteiger partial charge is 0.206 e. The highest BCUT2D eigenvalue weighted by Crippen LogP contribution is 2.12. The molecule has 1 aromatic heterocycles. The van der Waals surface area contributed by atoms with Gasteiger partial charge in [0.1, 0.15) is 0 Å². The second-order valence-electron chi connectivity index (χ2n) is 3.49. The summed E-state index contributed by atoms with van der Waals surface area (Å²) in [6.07, 6.45) is 3.35. The summed E-state index contributed by atoms with van der Waals surface area (Å²) in [6, 6.07) is 7.49. The summed E-state index contributed by atoms with van der Waals surface area (Å²) >= 11 is 5.90. The number of nitrogens with two attached hydrogens (primary N) is 1. The van der Waals surface area contributed by atoms with Crippen LogP contribution in [0.1, 0.15) is 11.4 Å². The molecule has 3 N–H and O–H groups in total. The zero-order chi connectivity index (χ0) is 12.3. The summed E-state index contributed by atoms with van der Waals surface area (Å²) < 4.78 is 1.78. The van der Waals surface area contributed by atoms with Gasteiger partial charge < -0.3 is 15.5 Å². The Bertz CT molecular complexity index is 550. The van der Waals surface area contributed by atoms with E-state index in [2.05, 4.69) is 10.1 Å². The molecule has 1 aromatic carbocycles. The predicted octanol–water partition coefficient (Wildman–Crippen LogP) is 1.68. The molecule has 1 heterocycles. The SMILES string of the molecule is NC(=NO)c1nccn1Cc1cccc(Cl)c1. The number of halogens is 1. The van der Waals surface area contributed by atoms with Gasteiger partial charge in [0, 0.05) is 24.0 Å². The Hall–Kier alpha value is -2.01. The maximum atomic E-state index is 8.63. The van der Waals surface area contributed by atoms with Crippen LogP contribution in [-0.4, -0.2) is 20.6 Å². The van der Waals surface area contributed by atoms with Crippen molar-refractivity contribution in [3.05, 3.63) is 53.1 Å². The van der Waals surface area contributed by atoms with Gasteiger partial charge in [-0.15, -0.1) is 0 Å². The van der Waals surface area contributed by atoms with E-state index in [1.807, 2.05) is 24.3 Å². The number of aromatic nitrogens is 2. The normalized spacial score (nSPS) is 11.7. The first kappa shape index (κ1) is 11.5. The van der Waals surface area contributed by atoms with Gasteiger partial charge in [-0.1, -0.05) is 28.9 Å². The summed E-state index contributed by atoms with van der Waals surface area (Å²) in [6.45, 7) is 0.562. The number of imidazole rings is 1. The van der Waals surface area contributed by atoms with Crippen molar-refractivity contribution in [2.45, 2.75) is 6.54 Å². The maximum absolute atomic E-state index is 8.63. The molecule has 0 radical (unpaired) electrons. The summed E-state index contributed by atoms with van der Waals surface area (Å²) in [5, 5.41) is 12.2. The lowest BCUT2D eigenvalue weighted by Gasteiger charge is -2.06. The molecule has 5 nitrogen and oxygen atoms in total. The molecule has 0 aliphatic carbocycles. The lowest BCUT2D eigenvalue weighted by molar-refractivity contribution is 0.318. The molecule has 0 atom stereocenters. The summed E-state index contributed by atoms with van der Waals surface area (Å²) in [4.78, 5) is 4.02. The van der Waals surface area contributed by atoms with Crippen LogP contribution in [0.25, 0.3) is 0 Å². The van der Waals surface area contributed by atoms with Crippen LogP contribution in [0.15, 0.2) is 41.8 Å². The second-order valence-corrected chi connectivity index (χ2v) is 3.93. The van der Waals surface area contributed by atoms with Crippen molar-refractivity contribution in [2.75, 3.05) is 0 Å². The van der Waals surface area contributed by atoms with Crippen molar-refractivity contribution in [2.24, 2.45) is 10.9 Å². The van der Waals surface area contributed by atoms with Crippen molar-refractivity contribution in [3.8, 4) is 0 Å². The van der Waals surface area contributed by atoms with Crippen LogP contribution in [0.3, 0.4) is 0 Å². The van der Waals surface area contributed by atoms with Gasteiger partial charge in [-0.2, -0.15) is 0 Å². The van der Waals surface area contributed by atoms with E-state index in [0.717, 1.165) is 5.56 Å². The maximum Gasteiger partial charge on any atom is 0.206 e. The number of hydrogen-bond acceptors (Lipinski definition) is 3. The largest absolute Gasteiger partial charge is 0.409 e. The number of benzene rings is 1. The van der Waals surface area contributed by atoms with Gasteiger partial charge in [0.05, 0.1) is 0 Å². The summed E-state index contributed by atoms with van der Waals surface area (Å²) in [7, 11) is 0. The van der Waals surface area contributed by atoms with Crippen molar-refractivity contribution in [1.82, 2.24) is 9.55 Å². The van der Waals surface area contributed by atoms with Gasteiger partial charge in [0.2, 0.25) is 5.84 Å². The van der Waals surface area contributed by atoms with Crippen LogP contribution < -0.4 is 5.73 Å². The zero-order valence-corrected chi connectivity index (χ0v) is 9.67. The monoisotopic (exact) mass is 250 g/mol. The number of oxime groups is 1. The third kappa shape index (κ3) is 2.57. The van der Waals surface area contributed by atoms with Crippen LogP contribution >= 0.6 is 11.6 Å². The Kier molecular flexibility index (Phi) is 3.30. The lowest BCUT2D eigenvalue weighted by Crippen LogP contribution is -2.19. The fourth-order valence-corrected chi connectivity index (χ4v) is 1.76. The molecule has 0 amide bonds. The highest BCUT2D eigenvalue weighted by molar-refractivity contribution is 6.30. The molecule has 0 saturated heterocycles. The van der Waals surface area contributed by atoms with E-state index in [1.54, 1.807) is 17.0 Å². The molecular formula is C11H11ClN4O. The van der Waals surface area contributed by atoms with E-state index < -0.39 is 0 Å². The predicted molar refractivity (Wildman–Crippen MR) is 65.3 cm³/mol. The lowest BCUT2D eigenvalue weighted by atomic mass is 10.2. The van der Waals surface area contributed by atoms with Crippen molar-refractivity contribution in [1.29, 1.82) is 0 Å². The quantitative estimate of drug-likeness (QED) is 0.377. The molecule has 0 saturated carbocycles. The van der Waals surface area contributed by atoms with E-state index >= 15 is 0 Å². The molecule has 17 heavy (non-hydrogen) atoms. The Morgan fingerprint density at radius 2 is 2.35 bits per heavy atom. The van der Waals surface area contributed by atoms with Crippen LogP contribution in [0.4, 0.5) is 0 Å². The van der Waals surface area contributed by atoms with Crippen molar-refractivity contribution < 1.29 is 5.21 Å². The molecular weight excluding hydrogens is 240 g/mol.